The molecule has 2 aromatic heterocycles. The van der Waals surface area contributed by atoms with Gasteiger partial charge in [0.25, 0.3) is 0 Å². The van der Waals surface area contributed by atoms with Crippen molar-refractivity contribution in [3.63, 3.8) is 0 Å². The number of aromatic nitrogens is 3. The molecule has 2 aromatic rings. The number of hydrogen-bond acceptors (Lipinski definition) is 7. The monoisotopic (exact) mass is 445 g/mol. The number of fused-ring (bicyclic) bond motifs is 3. The van der Waals surface area contributed by atoms with Gasteiger partial charge in [-0.1, -0.05) is 12.8 Å². The molecule has 7 nitrogen and oxygen atoms in total. The third-order valence-electron chi connectivity index (χ3n) is 7.67. The highest BCUT2D eigenvalue weighted by Gasteiger charge is 2.49. The smallest absolute Gasteiger partial charge is 0.319 e. The fourth-order valence-electron chi connectivity index (χ4n) is 6.04. The summed E-state index contributed by atoms with van der Waals surface area (Å²) in [6.45, 7) is 4.61. The van der Waals surface area contributed by atoms with Crippen LogP contribution < -0.4 is 14.4 Å². The molecular formula is C23H29F2N5O2. The molecule has 172 valence electrons. The minimum atomic E-state index is -0.829. The molecule has 1 unspecified atom stereocenters. The summed E-state index contributed by atoms with van der Waals surface area (Å²) >= 11 is 0. The van der Waals surface area contributed by atoms with E-state index in [4.69, 9.17) is 14.5 Å². The van der Waals surface area contributed by atoms with Gasteiger partial charge in [-0.2, -0.15) is 9.97 Å². The van der Waals surface area contributed by atoms with E-state index in [0.29, 0.717) is 43.3 Å². The molecule has 6 rings (SSSR count). The Kier molecular flexibility index (Phi) is 4.85. The first-order valence-electron chi connectivity index (χ1n) is 11.8. The summed E-state index contributed by atoms with van der Waals surface area (Å²) in [4.78, 5) is 18.0. The number of hydrogen-bond donors (Lipinski definition) is 0. The van der Waals surface area contributed by atoms with Crippen molar-refractivity contribution in [1.82, 2.24) is 19.9 Å². The van der Waals surface area contributed by atoms with Crippen LogP contribution >= 0.6 is 0 Å². The Bertz CT molecular complexity index is 1050. The second-order valence-electron chi connectivity index (χ2n) is 9.74. The van der Waals surface area contributed by atoms with Crippen molar-refractivity contribution in [2.45, 2.75) is 69.6 Å². The van der Waals surface area contributed by atoms with Gasteiger partial charge in [0, 0.05) is 19.5 Å². The van der Waals surface area contributed by atoms with Crippen molar-refractivity contribution in [2.24, 2.45) is 0 Å². The van der Waals surface area contributed by atoms with Crippen molar-refractivity contribution in [3.05, 3.63) is 11.5 Å². The molecule has 0 saturated carbocycles. The van der Waals surface area contributed by atoms with Crippen LogP contribution in [-0.2, 0) is 0 Å². The van der Waals surface area contributed by atoms with Gasteiger partial charge in [0.2, 0.25) is 5.88 Å². The summed E-state index contributed by atoms with van der Waals surface area (Å²) < 4.78 is 41.5. The molecule has 0 aliphatic carbocycles. The Morgan fingerprint density at radius 3 is 2.97 bits per heavy atom. The number of pyridine rings is 1. The lowest BCUT2D eigenvalue weighted by Crippen LogP contribution is -2.43. The number of alkyl halides is 1. The first-order valence-corrected chi connectivity index (χ1v) is 11.8. The van der Waals surface area contributed by atoms with Crippen LogP contribution in [0.25, 0.3) is 10.9 Å². The van der Waals surface area contributed by atoms with Gasteiger partial charge < -0.3 is 14.4 Å². The van der Waals surface area contributed by atoms with Crippen LogP contribution in [0.15, 0.2) is 0 Å². The number of ether oxygens (including phenoxy) is 2. The van der Waals surface area contributed by atoms with E-state index >= 15 is 4.39 Å². The Morgan fingerprint density at radius 2 is 2.06 bits per heavy atom. The molecule has 0 spiro atoms. The summed E-state index contributed by atoms with van der Waals surface area (Å²) in [5.74, 6) is 0.566. The Morgan fingerprint density at radius 1 is 1.16 bits per heavy atom. The summed E-state index contributed by atoms with van der Waals surface area (Å²) in [5.41, 5.74) is 0.127. The normalized spacial score (nSPS) is 29.9. The number of rotatable bonds is 3. The molecule has 3 fully saturated rings. The topological polar surface area (TPSA) is 63.6 Å². The molecule has 3 atom stereocenters. The molecule has 3 saturated heterocycles. The first-order chi connectivity index (χ1) is 15.5. The van der Waals surface area contributed by atoms with E-state index in [-0.39, 0.29) is 28.8 Å². The van der Waals surface area contributed by atoms with Crippen LogP contribution in [0.5, 0.6) is 11.9 Å². The molecule has 32 heavy (non-hydrogen) atoms. The van der Waals surface area contributed by atoms with E-state index in [1.54, 1.807) is 6.92 Å². The summed E-state index contributed by atoms with van der Waals surface area (Å²) in [6, 6.07) is 0.309. The molecule has 4 aliphatic heterocycles. The zero-order valence-corrected chi connectivity index (χ0v) is 18.4. The first kappa shape index (κ1) is 20.3. The van der Waals surface area contributed by atoms with E-state index in [1.165, 1.54) is 0 Å². The van der Waals surface area contributed by atoms with Crippen molar-refractivity contribution < 1.29 is 18.3 Å². The summed E-state index contributed by atoms with van der Waals surface area (Å²) in [6.07, 6.45) is 5.90. The molecule has 4 aliphatic rings. The zero-order valence-electron chi connectivity index (χ0n) is 18.4. The second kappa shape index (κ2) is 7.64. The van der Waals surface area contributed by atoms with Gasteiger partial charge in [0.15, 0.2) is 5.82 Å². The summed E-state index contributed by atoms with van der Waals surface area (Å²) in [7, 11) is 0. The van der Waals surface area contributed by atoms with Crippen LogP contribution in [0.3, 0.4) is 0 Å². The van der Waals surface area contributed by atoms with Gasteiger partial charge in [-0.05, 0) is 39.2 Å². The van der Waals surface area contributed by atoms with E-state index in [9.17, 15) is 4.39 Å². The van der Waals surface area contributed by atoms with Gasteiger partial charge in [-0.3, -0.25) is 4.90 Å². The van der Waals surface area contributed by atoms with E-state index in [1.807, 2.05) is 0 Å². The maximum absolute atomic E-state index is 15.2. The van der Waals surface area contributed by atoms with Crippen LogP contribution in [0.1, 0.15) is 50.6 Å². The average Bonchev–Trinajstić information content (AvgIpc) is 3.12. The minimum Gasteiger partial charge on any atom is -0.475 e. The molecule has 0 radical (unpaired) electrons. The predicted octanol–water partition coefficient (Wildman–Crippen LogP) is 3.57. The highest BCUT2D eigenvalue weighted by Crippen LogP contribution is 2.42. The third kappa shape index (κ3) is 3.19. The maximum atomic E-state index is 15.2. The van der Waals surface area contributed by atoms with Crippen LogP contribution in [0.2, 0.25) is 0 Å². The fraction of sp³-hybridized carbons (Fsp3) is 0.696. The lowest BCUT2D eigenvalue weighted by atomic mass is 9.95. The fourth-order valence-corrected chi connectivity index (χ4v) is 6.04. The van der Waals surface area contributed by atoms with E-state index in [0.717, 1.165) is 51.6 Å². The van der Waals surface area contributed by atoms with Crippen molar-refractivity contribution >= 4 is 16.7 Å². The van der Waals surface area contributed by atoms with Crippen molar-refractivity contribution in [1.29, 1.82) is 0 Å². The van der Waals surface area contributed by atoms with Crippen LogP contribution in [-0.4, -0.2) is 70.5 Å². The number of aryl methyl sites for hydroxylation is 1. The average molecular weight is 446 g/mol. The highest BCUT2D eigenvalue weighted by atomic mass is 19.1. The maximum Gasteiger partial charge on any atom is 0.319 e. The Hall–Kier alpha value is -2.29. The molecular weight excluding hydrogens is 416 g/mol. The predicted molar refractivity (Wildman–Crippen MR) is 116 cm³/mol. The second-order valence-corrected chi connectivity index (χ2v) is 9.74. The molecule has 0 N–H and O–H groups in total. The van der Waals surface area contributed by atoms with Crippen LogP contribution in [0, 0.1) is 12.7 Å². The van der Waals surface area contributed by atoms with Gasteiger partial charge in [0.05, 0.1) is 17.3 Å². The van der Waals surface area contributed by atoms with E-state index in [2.05, 4.69) is 19.8 Å². The van der Waals surface area contributed by atoms with Gasteiger partial charge in [-0.25, -0.2) is 13.8 Å². The standard InChI is InChI=1S/C23H29F2N5O2/c1-14-18(25)19-17-20(30-9-4-2-3-6-16(30)12-31-21(17)26-14)28-22(27-19)32-13-23-7-5-8-29(23)11-15(24)10-23/h15-16H,2-13H2,1H3/t15-,16+,23?/m1/s1. The largest absolute Gasteiger partial charge is 0.475 e. The highest BCUT2D eigenvalue weighted by molar-refractivity contribution is 5.95. The Labute approximate surface area is 186 Å². The quantitative estimate of drug-likeness (QED) is 0.716. The third-order valence-corrected chi connectivity index (χ3v) is 7.67. The summed E-state index contributed by atoms with van der Waals surface area (Å²) in [5, 5.41) is 0.523. The minimum absolute atomic E-state index is 0.149. The van der Waals surface area contributed by atoms with E-state index < -0.39 is 12.0 Å². The molecule has 0 aromatic carbocycles. The lowest BCUT2D eigenvalue weighted by Gasteiger charge is -2.31. The Balaban J connectivity index is 1.42. The van der Waals surface area contributed by atoms with Gasteiger partial charge in [-0.15, -0.1) is 0 Å². The van der Waals surface area contributed by atoms with Gasteiger partial charge in [0.1, 0.15) is 36.1 Å². The van der Waals surface area contributed by atoms with Crippen molar-refractivity contribution in [3.8, 4) is 11.9 Å². The number of nitrogens with zero attached hydrogens (tertiary/aromatic N) is 5. The molecule has 6 heterocycles. The van der Waals surface area contributed by atoms with Gasteiger partial charge >= 0.3 is 6.01 Å². The molecule has 0 bridgehead atoms. The number of anilines is 1. The van der Waals surface area contributed by atoms with Crippen LogP contribution in [0.4, 0.5) is 14.6 Å². The molecule has 0 amide bonds. The van der Waals surface area contributed by atoms with Crippen molar-refractivity contribution in [2.75, 3.05) is 37.7 Å². The molecule has 9 heteroatoms. The SMILES string of the molecule is Cc1nc2c3c(nc(OCC45CCCN4C[C@H](F)C5)nc3c1F)N1CCCCC[C@H]1CO2. The zero-order chi connectivity index (χ0) is 21.9. The number of halogens is 2. The lowest BCUT2D eigenvalue weighted by molar-refractivity contribution is 0.107.